The van der Waals surface area contributed by atoms with E-state index in [0.29, 0.717) is 16.6 Å². The number of fused-ring (bicyclic) bond motifs is 1. The van der Waals surface area contributed by atoms with E-state index in [2.05, 4.69) is 4.98 Å². The molecule has 1 heterocycles. The number of hydrogen-bond acceptors (Lipinski definition) is 3. The first-order valence-corrected chi connectivity index (χ1v) is 8.17. The summed E-state index contributed by atoms with van der Waals surface area (Å²) in [5.74, 6) is 0.456. The predicted molar refractivity (Wildman–Crippen MR) is 89.9 cm³/mol. The maximum absolute atomic E-state index is 13.9. The molecule has 114 valence electrons. The summed E-state index contributed by atoms with van der Waals surface area (Å²) in [7, 11) is 0. The van der Waals surface area contributed by atoms with Crippen molar-refractivity contribution in [3.63, 3.8) is 0 Å². The molecular weight excluding hydrogens is 299 g/mol. The molecule has 5 heteroatoms. The van der Waals surface area contributed by atoms with Gasteiger partial charge in [0.15, 0.2) is 0 Å². The summed E-state index contributed by atoms with van der Waals surface area (Å²) in [5.41, 5.74) is 7.56. The van der Waals surface area contributed by atoms with E-state index in [0.717, 1.165) is 11.4 Å². The Morgan fingerprint density at radius 2 is 1.91 bits per heavy atom. The van der Waals surface area contributed by atoms with E-state index in [1.165, 1.54) is 11.0 Å². The molecule has 0 saturated heterocycles. The molecule has 0 saturated carbocycles. The van der Waals surface area contributed by atoms with Crippen LogP contribution >= 0.6 is 11.8 Å². The molecule has 3 N–H and O–H groups in total. The largest absolute Gasteiger partial charge is 0.485 e. The molecule has 0 radical (unpaired) electrons. The van der Waals surface area contributed by atoms with Crippen LogP contribution in [0.25, 0.3) is 10.9 Å². The van der Waals surface area contributed by atoms with Gasteiger partial charge in [0.1, 0.15) is 17.7 Å². The number of nitrogens with one attached hydrogen (secondary N) is 1. The van der Waals surface area contributed by atoms with Crippen LogP contribution in [-0.4, -0.2) is 11.2 Å². The number of ether oxygens (including phenoxy) is 1. The Morgan fingerprint density at radius 3 is 2.59 bits per heavy atom. The molecule has 1 aromatic heterocycles. The normalized spacial score (nSPS) is 12.5. The van der Waals surface area contributed by atoms with E-state index in [1.807, 2.05) is 37.4 Å². The minimum absolute atomic E-state index is 0.215. The van der Waals surface area contributed by atoms with Gasteiger partial charge in [-0.1, -0.05) is 0 Å². The van der Waals surface area contributed by atoms with Crippen LogP contribution in [0.4, 0.5) is 10.1 Å². The van der Waals surface area contributed by atoms with Crippen LogP contribution in [0.15, 0.2) is 47.4 Å². The molecule has 0 aliphatic carbocycles. The van der Waals surface area contributed by atoms with E-state index < -0.39 is 0 Å². The molecule has 0 aliphatic heterocycles. The molecule has 22 heavy (non-hydrogen) atoms. The number of halogens is 1. The van der Waals surface area contributed by atoms with Gasteiger partial charge in [-0.3, -0.25) is 0 Å². The van der Waals surface area contributed by atoms with Crippen molar-refractivity contribution in [1.29, 1.82) is 0 Å². The number of nitrogen functional groups attached to an aromatic ring is 1. The molecule has 0 spiro atoms. The average Bonchev–Trinajstić information content (AvgIpc) is 2.92. The fourth-order valence-electron chi connectivity index (χ4n) is 2.38. The summed E-state index contributed by atoms with van der Waals surface area (Å²) < 4.78 is 19.8. The standard InChI is InChI=1S/C17H17FN2OS/c1-10(21-12-3-5-13(22-2)6-4-12)16-9-14-15(18)7-11(19)8-17(14)20-16/h3-10,20H,19H2,1-2H3. The van der Waals surface area contributed by atoms with E-state index in [1.54, 1.807) is 23.9 Å². The average molecular weight is 316 g/mol. The second-order valence-electron chi connectivity index (χ2n) is 5.12. The number of H-pyrrole nitrogens is 1. The SMILES string of the molecule is CSc1ccc(OC(C)c2cc3c(F)cc(N)cc3[nH]2)cc1. The van der Waals surface area contributed by atoms with Crippen LogP contribution in [0.2, 0.25) is 0 Å². The van der Waals surface area contributed by atoms with Crippen molar-refractivity contribution in [3.05, 3.63) is 54.0 Å². The maximum atomic E-state index is 13.9. The van der Waals surface area contributed by atoms with Crippen molar-refractivity contribution in [3.8, 4) is 5.75 Å². The second-order valence-corrected chi connectivity index (χ2v) is 6.00. The summed E-state index contributed by atoms with van der Waals surface area (Å²) in [4.78, 5) is 4.35. The Labute approximate surface area is 132 Å². The third-order valence-electron chi connectivity index (χ3n) is 3.54. The van der Waals surface area contributed by atoms with Gasteiger partial charge in [0.05, 0.1) is 11.2 Å². The Hall–Kier alpha value is -2.14. The molecule has 1 atom stereocenters. The summed E-state index contributed by atoms with van der Waals surface area (Å²) in [6.45, 7) is 1.93. The van der Waals surface area contributed by atoms with E-state index in [-0.39, 0.29) is 11.9 Å². The molecule has 0 bridgehead atoms. The first-order valence-electron chi connectivity index (χ1n) is 6.95. The Balaban J connectivity index is 1.85. The van der Waals surface area contributed by atoms with Crippen LogP contribution < -0.4 is 10.5 Å². The van der Waals surface area contributed by atoms with Gasteiger partial charge in [0.25, 0.3) is 0 Å². The first-order chi connectivity index (χ1) is 10.6. The van der Waals surface area contributed by atoms with Gasteiger partial charge in [0.2, 0.25) is 0 Å². The minimum atomic E-state index is -0.325. The smallest absolute Gasteiger partial charge is 0.136 e. The quantitative estimate of drug-likeness (QED) is 0.539. The van der Waals surface area contributed by atoms with Gasteiger partial charge < -0.3 is 15.5 Å². The Morgan fingerprint density at radius 1 is 1.18 bits per heavy atom. The van der Waals surface area contributed by atoms with Crippen LogP contribution in [0.3, 0.4) is 0 Å². The van der Waals surface area contributed by atoms with E-state index in [9.17, 15) is 4.39 Å². The van der Waals surface area contributed by atoms with Gasteiger partial charge in [-0.25, -0.2) is 4.39 Å². The lowest BCUT2D eigenvalue weighted by Crippen LogP contribution is -2.03. The molecule has 0 aliphatic rings. The number of aromatic nitrogens is 1. The number of thioether (sulfide) groups is 1. The summed E-state index contributed by atoms with van der Waals surface area (Å²) in [6, 6.07) is 12.7. The van der Waals surface area contributed by atoms with E-state index in [4.69, 9.17) is 10.5 Å². The summed E-state index contributed by atoms with van der Waals surface area (Å²) in [5, 5.41) is 0.525. The van der Waals surface area contributed by atoms with Crippen molar-refractivity contribution < 1.29 is 9.13 Å². The Kier molecular flexibility index (Phi) is 3.98. The lowest BCUT2D eigenvalue weighted by Gasteiger charge is -2.13. The van der Waals surface area contributed by atoms with Crippen LogP contribution in [0.1, 0.15) is 18.7 Å². The fraction of sp³-hybridized carbons (Fsp3) is 0.176. The molecule has 0 amide bonds. The number of benzene rings is 2. The van der Waals surface area contributed by atoms with Crippen molar-refractivity contribution in [2.24, 2.45) is 0 Å². The van der Waals surface area contributed by atoms with Crippen molar-refractivity contribution in [1.82, 2.24) is 4.98 Å². The van der Waals surface area contributed by atoms with Gasteiger partial charge in [-0.2, -0.15) is 0 Å². The third-order valence-corrected chi connectivity index (χ3v) is 4.28. The second kappa shape index (κ2) is 5.93. The van der Waals surface area contributed by atoms with Crippen molar-refractivity contribution in [2.45, 2.75) is 17.9 Å². The van der Waals surface area contributed by atoms with Crippen molar-refractivity contribution in [2.75, 3.05) is 12.0 Å². The number of nitrogens with two attached hydrogens (primary N) is 1. The summed E-state index contributed by atoms with van der Waals surface area (Å²) >= 11 is 1.68. The number of rotatable bonds is 4. The molecule has 2 aromatic carbocycles. The zero-order valence-electron chi connectivity index (χ0n) is 12.4. The number of hydrogen-bond donors (Lipinski definition) is 2. The third kappa shape index (κ3) is 2.90. The molecule has 0 fully saturated rings. The highest BCUT2D eigenvalue weighted by Crippen LogP contribution is 2.28. The molecule has 3 rings (SSSR count). The molecular formula is C17H17FN2OS. The highest BCUT2D eigenvalue weighted by atomic mass is 32.2. The number of anilines is 1. The van der Waals surface area contributed by atoms with Gasteiger partial charge in [0, 0.05) is 16.0 Å². The molecule has 3 nitrogen and oxygen atoms in total. The van der Waals surface area contributed by atoms with Crippen LogP contribution in [0, 0.1) is 5.82 Å². The van der Waals surface area contributed by atoms with Gasteiger partial charge in [-0.15, -0.1) is 11.8 Å². The van der Waals surface area contributed by atoms with E-state index >= 15 is 0 Å². The molecule has 3 aromatic rings. The predicted octanol–water partition coefficient (Wildman–Crippen LogP) is 4.75. The highest BCUT2D eigenvalue weighted by Gasteiger charge is 2.13. The Bertz CT molecular complexity index is 798. The fourth-order valence-corrected chi connectivity index (χ4v) is 2.79. The monoisotopic (exact) mass is 316 g/mol. The zero-order chi connectivity index (χ0) is 15.7. The van der Waals surface area contributed by atoms with Crippen LogP contribution in [0.5, 0.6) is 5.75 Å². The first kappa shape index (κ1) is 14.8. The van der Waals surface area contributed by atoms with Crippen LogP contribution in [-0.2, 0) is 0 Å². The van der Waals surface area contributed by atoms with Gasteiger partial charge in [-0.05, 0) is 55.6 Å². The summed E-state index contributed by atoms with van der Waals surface area (Å²) in [6.07, 6.45) is 1.82. The van der Waals surface area contributed by atoms with Gasteiger partial charge >= 0.3 is 0 Å². The molecule has 1 unspecified atom stereocenters. The maximum Gasteiger partial charge on any atom is 0.136 e. The minimum Gasteiger partial charge on any atom is -0.485 e. The zero-order valence-corrected chi connectivity index (χ0v) is 13.2. The number of aromatic amines is 1. The highest BCUT2D eigenvalue weighted by molar-refractivity contribution is 7.98. The van der Waals surface area contributed by atoms with Crippen molar-refractivity contribution >= 4 is 28.4 Å². The topological polar surface area (TPSA) is 51.0 Å². The lowest BCUT2D eigenvalue weighted by molar-refractivity contribution is 0.223. The lowest BCUT2D eigenvalue weighted by atomic mass is 10.2.